The van der Waals surface area contributed by atoms with Crippen molar-refractivity contribution in [2.45, 2.75) is 24.7 Å². The van der Waals surface area contributed by atoms with Gasteiger partial charge in [0.05, 0.1) is 17.9 Å². The van der Waals surface area contributed by atoms with Crippen molar-refractivity contribution in [2.24, 2.45) is 0 Å². The van der Waals surface area contributed by atoms with Crippen LogP contribution < -0.4 is 5.56 Å². The Morgan fingerprint density at radius 1 is 1.26 bits per heavy atom. The molecular weight excluding hydrogens is 480 g/mol. The van der Waals surface area contributed by atoms with Crippen LogP contribution in [0.25, 0.3) is 5.69 Å². The number of Topliss-reactive ketones (excluding diaryl/α,β-unsaturated/α-hetero) is 1. The van der Waals surface area contributed by atoms with Crippen LogP contribution in [-0.4, -0.2) is 73.6 Å². The highest BCUT2D eigenvalue weighted by Gasteiger charge is 2.37. The molecule has 0 saturated heterocycles. The third kappa shape index (κ3) is 6.18. The molecule has 31 heavy (non-hydrogen) atoms. The predicted octanol–water partition coefficient (Wildman–Crippen LogP) is -0.732. The molecule has 0 radical (unpaired) electrons. The van der Waals surface area contributed by atoms with Crippen molar-refractivity contribution in [3.8, 4) is 11.6 Å². The summed E-state index contributed by atoms with van der Waals surface area (Å²) >= 11 is 10.8. The number of rotatable bonds is 9. The fourth-order valence-electron chi connectivity index (χ4n) is 2.58. The third-order valence-electron chi connectivity index (χ3n) is 4.06. The Hall–Kier alpha value is -2.17. The highest BCUT2D eigenvalue weighted by Crippen LogP contribution is 2.22. The highest BCUT2D eigenvalue weighted by molar-refractivity contribution is 7.80. The summed E-state index contributed by atoms with van der Waals surface area (Å²) in [6.07, 6.45) is -7.72. The van der Waals surface area contributed by atoms with Gasteiger partial charge in [-0.25, -0.2) is 4.18 Å². The van der Waals surface area contributed by atoms with Gasteiger partial charge in [-0.1, -0.05) is 11.6 Å². The average Bonchev–Trinajstić information content (AvgIpc) is 2.68. The van der Waals surface area contributed by atoms with Crippen molar-refractivity contribution in [3.05, 3.63) is 50.0 Å². The smallest absolute Gasteiger partial charge is 0.397 e. The van der Waals surface area contributed by atoms with Gasteiger partial charge in [0.25, 0.3) is 5.56 Å². The molecule has 15 heteroatoms. The van der Waals surface area contributed by atoms with E-state index >= 15 is 0 Å². The summed E-state index contributed by atoms with van der Waals surface area (Å²) in [6, 6.07) is 5.88. The van der Waals surface area contributed by atoms with Crippen molar-refractivity contribution in [2.75, 3.05) is 6.61 Å². The van der Waals surface area contributed by atoms with Crippen LogP contribution in [0, 0.1) is 4.77 Å². The quantitative estimate of drug-likeness (QED) is 0.189. The first-order valence-electron chi connectivity index (χ1n) is 8.34. The Labute approximate surface area is 184 Å². The van der Waals surface area contributed by atoms with Crippen LogP contribution in [0.1, 0.15) is 5.56 Å². The van der Waals surface area contributed by atoms with Gasteiger partial charge in [-0.05, 0) is 36.5 Å². The molecule has 170 valence electrons. The molecule has 0 spiro atoms. The molecule has 3 atom stereocenters. The maximum Gasteiger partial charge on any atom is 0.397 e. The van der Waals surface area contributed by atoms with Gasteiger partial charge in [-0.15, -0.1) is 0 Å². The van der Waals surface area contributed by atoms with Crippen molar-refractivity contribution in [3.63, 3.8) is 0 Å². The number of halogens is 1. The SMILES string of the molecule is O=C(Cc1c(O)n(-c2ccc(Cl)cc2)c(=S)[nH]c1=O)[C@@H](O)C(OS(=O)(=O)O)[C@H](O)CO. The molecule has 0 aliphatic carbocycles. The molecular formula is C16H17ClN2O10S2. The van der Waals surface area contributed by atoms with Gasteiger partial charge in [0, 0.05) is 11.4 Å². The molecule has 0 fully saturated rings. The zero-order chi connectivity index (χ0) is 23.5. The van der Waals surface area contributed by atoms with E-state index in [1.54, 1.807) is 0 Å². The lowest BCUT2D eigenvalue weighted by molar-refractivity contribution is -0.137. The summed E-state index contributed by atoms with van der Waals surface area (Å²) in [5, 5.41) is 39.6. The number of carbonyl (C=O) groups is 1. The number of aromatic nitrogens is 2. The van der Waals surface area contributed by atoms with Crippen molar-refractivity contribution in [1.82, 2.24) is 9.55 Å². The van der Waals surface area contributed by atoms with Crippen molar-refractivity contribution >= 4 is 40.0 Å². The second-order valence-corrected chi connectivity index (χ2v) is 8.07. The van der Waals surface area contributed by atoms with E-state index in [4.69, 9.17) is 33.5 Å². The van der Waals surface area contributed by atoms with E-state index in [0.717, 1.165) is 4.57 Å². The summed E-state index contributed by atoms with van der Waals surface area (Å²) < 4.78 is 35.5. The Morgan fingerprint density at radius 3 is 2.35 bits per heavy atom. The number of hydrogen-bond donors (Lipinski definition) is 6. The zero-order valence-electron chi connectivity index (χ0n) is 15.4. The van der Waals surface area contributed by atoms with E-state index in [-0.39, 0.29) is 10.5 Å². The molecule has 1 aromatic heterocycles. The molecule has 2 rings (SSSR count). The number of benzene rings is 1. The molecule has 1 unspecified atom stereocenters. The number of ketones is 1. The second-order valence-electron chi connectivity index (χ2n) is 6.20. The van der Waals surface area contributed by atoms with Crippen LogP contribution in [0.15, 0.2) is 29.1 Å². The minimum absolute atomic E-state index is 0.218. The molecule has 0 saturated carbocycles. The van der Waals surface area contributed by atoms with E-state index in [0.29, 0.717) is 5.02 Å². The van der Waals surface area contributed by atoms with E-state index < -0.39 is 64.5 Å². The van der Waals surface area contributed by atoms with Crippen molar-refractivity contribution < 1.29 is 42.4 Å². The molecule has 0 bridgehead atoms. The largest absolute Gasteiger partial charge is 0.494 e. The van der Waals surface area contributed by atoms with Crippen molar-refractivity contribution in [1.29, 1.82) is 0 Å². The van der Waals surface area contributed by atoms with Gasteiger partial charge in [0.1, 0.15) is 18.3 Å². The van der Waals surface area contributed by atoms with E-state index in [9.17, 15) is 33.3 Å². The Balaban J connectivity index is 2.44. The monoisotopic (exact) mass is 496 g/mol. The second kappa shape index (κ2) is 9.97. The standard InChI is InChI=1S/C16H17ClN2O10S2/c17-7-1-3-8(4-2-7)19-15(25)9(14(24)18-16(19)30)5-10(21)12(23)13(11(22)6-20)29-31(26,27)28/h1-4,11-13,20,22-23,25H,5-6H2,(H,18,24,30)(H,26,27,28)/t11-,12-,13?/m1/s1. The van der Waals surface area contributed by atoms with Gasteiger partial charge in [-0.2, -0.15) is 8.42 Å². The van der Waals surface area contributed by atoms with Crippen LogP contribution in [0.2, 0.25) is 5.02 Å². The van der Waals surface area contributed by atoms with Crippen LogP contribution in [0.4, 0.5) is 0 Å². The van der Waals surface area contributed by atoms with Gasteiger partial charge in [0.15, 0.2) is 10.6 Å². The number of hydrogen-bond acceptors (Lipinski definition) is 10. The summed E-state index contributed by atoms with van der Waals surface area (Å²) in [5.41, 5.74) is -1.24. The molecule has 0 aliphatic rings. The van der Waals surface area contributed by atoms with Gasteiger partial charge in [0.2, 0.25) is 5.88 Å². The number of aromatic hydroxyl groups is 1. The number of aliphatic hydroxyl groups excluding tert-OH is 3. The first kappa shape index (κ1) is 25.1. The number of carbonyl (C=O) groups excluding carboxylic acids is 1. The minimum Gasteiger partial charge on any atom is -0.494 e. The molecule has 6 N–H and O–H groups in total. The van der Waals surface area contributed by atoms with Gasteiger partial charge in [-0.3, -0.25) is 23.7 Å². The number of nitrogens with one attached hydrogen (secondary N) is 1. The number of nitrogens with zero attached hydrogens (tertiary/aromatic N) is 1. The minimum atomic E-state index is -5.23. The normalized spacial score (nSPS) is 14.7. The molecule has 2 aromatic rings. The molecule has 12 nitrogen and oxygen atoms in total. The molecule has 0 amide bonds. The predicted molar refractivity (Wildman–Crippen MR) is 108 cm³/mol. The number of aromatic amines is 1. The van der Waals surface area contributed by atoms with Gasteiger partial charge >= 0.3 is 10.4 Å². The fourth-order valence-corrected chi connectivity index (χ4v) is 3.51. The van der Waals surface area contributed by atoms with Crippen LogP contribution in [-0.2, 0) is 25.8 Å². The summed E-state index contributed by atoms with van der Waals surface area (Å²) in [5.74, 6) is -2.02. The van der Waals surface area contributed by atoms with Crippen LogP contribution in [0.3, 0.4) is 0 Å². The first-order chi connectivity index (χ1) is 14.4. The lowest BCUT2D eigenvalue weighted by Gasteiger charge is -2.24. The fraction of sp³-hybridized carbons (Fsp3) is 0.312. The average molecular weight is 497 g/mol. The third-order valence-corrected chi connectivity index (χ3v) is 5.06. The van der Waals surface area contributed by atoms with Crippen LogP contribution >= 0.6 is 23.8 Å². The Kier molecular flexibility index (Phi) is 8.07. The van der Waals surface area contributed by atoms with E-state index in [1.807, 2.05) is 0 Å². The first-order valence-corrected chi connectivity index (χ1v) is 10.5. The van der Waals surface area contributed by atoms with Gasteiger partial charge < -0.3 is 20.4 Å². The van der Waals surface area contributed by atoms with Crippen LogP contribution in [0.5, 0.6) is 5.88 Å². The number of H-pyrrole nitrogens is 1. The summed E-state index contributed by atoms with van der Waals surface area (Å²) in [4.78, 5) is 26.9. The zero-order valence-corrected chi connectivity index (χ0v) is 17.8. The highest BCUT2D eigenvalue weighted by atomic mass is 35.5. The Morgan fingerprint density at radius 2 is 1.84 bits per heavy atom. The summed E-state index contributed by atoms with van der Waals surface area (Å²) in [6.45, 7) is -1.13. The number of aliphatic hydroxyl groups is 3. The lowest BCUT2D eigenvalue weighted by Crippen LogP contribution is -2.47. The summed E-state index contributed by atoms with van der Waals surface area (Å²) in [7, 11) is -5.23. The van der Waals surface area contributed by atoms with E-state index in [1.165, 1.54) is 24.3 Å². The molecule has 1 aromatic carbocycles. The maximum atomic E-state index is 12.4. The topological polar surface area (TPSA) is 199 Å². The Bertz CT molecular complexity index is 1180. The molecule has 1 heterocycles. The van der Waals surface area contributed by atoms with E-state index in [2.05, 4.69) is 9.17 Å². The molecule has 0 aliphatic heterocycles. The lowest BCUT2D eigenvalue weighted by atomic mass is 10.00. The maximum absolute atomic E-state index is 12.4.